The van der Waals surface area contributed by atoms with Crippen molar-refractivity contribution in [3.8, 4) is 0 Å². The fourth-order valence-corrected chi connectivity index (χ4v) is 5.16. The number of allylic oxidation sites excluding steroid dienone is 1. The number of unbranched alkanes of at least 4 members (excludes halogenated alkanes) is 1. The van der Waals surface area contributed by atoms with E-state index in [2.05, 4.69) is 13.5 Å². The summed E-state index contributed by atoms with van der Waals surface area (Å²) < 4.78 is 1.79. The summed E-state index contributed by atoms with van der Waals surface area (Å²) in [4.78, 5) is 20.0. The molecule has 3 rings (SSSR count). The van der Waals surface area contributed by atoms with Crippen LogP contribution in [-0.2, 0) is 19.4 Å². The lowest BCUT2D eigenvalue weighted by atomic mass is 10.2. The molecule has 0 saturated heterocycles. The monoisotopic (exact) mass is 320 g/mol. The first-order chi connectivity index (χ1) is 10.3. The van der Waals surface area contributed by atoms with Crippen LogP contribution >= 0.6 is 23.1 Å². The molecule has 0 N–H and O–H groups in total. The molecular formula is C16H20N2OS2. The second kappa shape index (κ2) is 6.36. The van der Waals surface area contributed by atoms with E-state index in [0.29, 0.717) is 6.54 Å². The Morgan fingerprint density at radius 1 is 1.48 bits per heavy atom. The van der Waals surface area contributed by atoms with Crippen molar-refractivity contribution >= 4 is 33.3 Å². The van der Waals surface area contributed by atoms with Crippen LogP contribution in [0.4, 0.5) is 0 Å². The third kappa shape index (κ3) is 2.69. The molecule has 0 atom stereocenters. The molecule has 3 nitrogen and oxygen atoms in total. The molecule has 1 aliphatic rings. The lowest BCUT2D eigenvalue weighted by Gasteiger charge is -2.10. The van der Waals surface area contributed by atoms with Crippen molar-refractivity contribution in [1.82, 2.24) is 9.55 Å². The molecule has 21 heavy (non-hydrogen) atoms. The van der Waals surface area contributed by atoms with Crippen molar-refractivity contribution in [3.63, 3.8) is 0 Å². The van der Waals surface area contributed by atoms with Gasteiger partial charge >= 0.3 is 0 Å². The largest absolute Gasteiger partial charge is 0.283 e. The van der Waals surface area contributed by atoms with Crippen molar-refractivity contribution in [1.29, 1.82) is 0 Å². The third-order valence-electron chi connectivity index (χ3n) is 3.83. The molecule has 0 amide bonds. The van der Waals surface area contributed by atoms with Gasteiger partial charge in [-0.15, -0.1) is 17.9 Å². The number of thiophene rings is 1. The number of hydrogen-bond donors (Lipinski definition) is 0. The molecule has 0 aliphatic heterocycles. The molecule has 0 fully saturated rings. The van der Waals surface area contributed by atoms with Crippen LogP contribution in [0, 0.1) is 0 Å². The summed E-state index contributed by atoms with van der Waals surface area (Å²) in [6, 6.07) is 0. The Labute approximate surface area is 133 Å². The quantitative estimate of drug-likeness (QED) is 0.349. The third-order valence-corrected chi connectivity index (χ3v) is 6.08. The number of fused-ring (bicyclic) bond motifs is 3. The van der Waals surface area contributed by atoms with Gasteiger partial charge in [-0.1, -0.05) is 31.2 Å². The molecule has 0 bridgehead atoms. The predicted molar refractivity (Wildman–Crippen MR) is 91.7 cm³/mol. The minimum atomic E-state index is 0.123. The average molecular weight is 320 g/mol. The Bertz CT molecular complexity index is 730. The van der Waals surface area contributed by atoms with E-state index in [-0.39, 0.29) is 5.56 Å². The van der Waals surface area contributed by atoms with Crippen molar-refractivity contribution in [2.75, 3.05) is 5.75 Å². The lowest BCUT2D eigenvalue weighted by Crippen LogP contribution is -2.23. The van der Waals surface area contributed by atoms with Crippen molar-refractivity contribution < 1.29 is 0 Å². The summed E-state index contributed by atoms with van der Waals surface area (Å²) in [6.07, 6.45) is 7.40. The zero-order chi connectivity index (χ0) is 14.8. The summed E-state index contributed by atoms with van der Waals surface area (Å²) in [7, 11) is 0. The van der Waals surface area contributed by atoms with E-state index in [1.54, 1.807) is 33.7 Å². The van der Waals surface area contributed by atoms with Crippen LogP contribution in [0.1, 0.15) is 36.6 Å². The van der Waals surface area contributed by atoms with Gasteiger partial charge in [0.2, 0.25) is 0 Å². The average Bonchev–Trinajstić information content (AvgIpc) is 3.03. The Morgan fingerprint density at radius 3 is 3.10 bits per heavy atom. The highest BCUT2D eigenvalue weighted by atomic mass is 32.2. The zero-order valence-corrected chi connectivity index (χ0v) is 14.0. The van der Waals surface area contributed by atoms with E-state index in [1.807, 2.05) is 0 Å². The summed E-state index contributed by atoms with van der Waals surface area (Å²) in [5, 5.41) is 1.72. The van der Waals surface area contributed by atoms with Crippen molar-refractivity contribution in [3.05, 3.63) is 33.4 Å². The maximum absolute atomic E-state index is 12.9. The Balaban J connectivity index is 2.11. The SMILES string of the molecule is C=CCn1c(SCCCC)nc2sc3c(c2c1=O)CCC3. The number of rotatable bonds is 6. The van der Waals surface area contributed by atoms with Gasteiger partial charge < -0.3 is 0 Å². The lowest BCUT2D eigenvalue weighted by molar-refractivity contribution is 0.671. The van der Waals surface area contributed by atoms with E-state index < -0.39 is 0 Å². The van der Waals surface area contributed by atoms with Gasteiger partial charge in [-0.05, 0) is 31.2 Å². The molecule has 0 unspecified atom stereocenters. The van der Waals surface area contributed by atoms with Crippen LogP contribution in [0.3, 0.4) is 0 Å². The molecule has 1 aliphatic carbocycles. The second-order valence-corrected chi connectivity index (χ2v) is 7.48. The van der Waals surface area contributed by atoms with Gasteiger partial charge in [-0.25, -0.2) is 4.98 Å². The summed E-state index contributed by atoms with van der Waals surface area (Å²) in [6.45, 7) is 6.50. The summed E-state index contributed by atoms with van der Waals surface area (Å²) >= 11 is 3.41. The molecule has 0 radical (unpaired) electrons. The summed E-state index contributed by atoms with van der Waals surface area (Å²) in [5.74, 6) is 1.01. The number of thioether (sulfide) groups is 1. The summed E-state index contributed by atoms with van der Waals surface area (Å²) in [5.41, 5.74) is 1.38. The standard InChI is InChI=1S/C16H20N2OS2/c1-3-5-10-20-16-17-14-13(15(19)18(16)9-4-2)11-7-6-8-12(11)21-14/h4H,2-3,5-10H2,1H3. The van der Waals surface area contributed by atoms with Gasteiger partial charge in [-0.2, -0.15) is 0 Å². The van der Waals surface area contributed by atoms with Crippen LogP contribution < -0.4 is 5.56 Å². The maximum Gasteiger partial charge on any atom is 0.263 e. The van der Waals surface area contributed by atoms with Gasteiger partial charge in [0, 0.05) is 17.2 Å². The number of hydrogen-bond acceptors (Lipinski definition) is 4. The highest BCUT2D eigenvalue weighted by Crippen LogP contribution is 2.35. The van der Waals surface area contributed by atoms with Gasteiger partial charge in [0.1, 0.15) is 4.83 Å². The molecule has 112 valence electrons. The maximum atomic E-state index is 12.9. The van der Waals surface area contributed by atoms with Crippen LogP contribution in [0.25, 0.3) is 10.2 Å². The minimum absolute atomic E-state index is 0.123. The molecule has 0 spiro atoms. The van der Waals surface area contributed by atoms with Crippen molar-refractivity contribution in [2.45, 2.75) is 50.7 Å². The van der Waals surface area contributed by atoms with Gasteiger partial charge in [0.25, 0.3) is 5.56 Å². The Morgan fingerprint density at radius 2 is 2.33 bits per heavy atom. The number of aryl methyl sites for hydroxylation is 2. The molecule has 2 aromatic heterocycles. The fourth-order valence-electron chi connectivity index (χ4n) is 2.77. The smallest absolute Gasteiger partial charge is 0.263 e. The highest BCUT2D eigenvalue weighted by Gasteiger charge is 2.22. The molecule has 2 aromatic rings. The normalized spacial score (nSPS) is 13.8. The fraction of sp³-hybridized carbons (Fsp3) is 0.500. The van der Waals surface area contributed by atoms with Crippen molar-refractivity contribution in [2.24, 2.45) is 0 Å². The van der Waals surface area contributed by atoms with Crippen LogP contribution in [0.5, 0.6) is 0 Å². The second-order valence-electron chi connectivity index (χ2n) is 5.34. The molecule has 2 heterocycles. The van der Waals surface area contributed by atoms with Crippen LogP contribution in [0.2, 0.25) is 0 Å². The molecule has 5 heteroatoms. The minimum Gasteiger partial charge on any atom is -0.283 e. The van der Waals surface area contributed by atoms with Gasteiger partial charge in [0.05, 0.1) is 5.39 Å². The van der Waals surface area contributed by atoms with Gasteiger partial charge in [-0.3, -0.25) is 9.36 Å². The van der Waals surface area contributed by atoms with E-state index in [4.69, 9.17) is 4.98 Å². The van der Waals surface area contributed by atoms with E-state index in [9.17, 15) is 4.79 Å². The molecular weight excluding hydrogens is 300 g/mol. The van der Waals surface area contributed by atoms with E-state index in [1.165, 1.54) is 16.9 Å². The van der Waals surface area contributed by atoms with Gasteiger partial charge in [0.15, 0.2) is 5.16 Å². The highest BCUT2D eigenvalue weighted by molar-refractivity contribution is 7.99. The van der Waals surface area contributed by atoms with Crippen LogP contribution in [0.15, 0.2) is 22.6 Å². The van der Waals surface area contributed by atoms with E-state index >= 15 is 0 Å². The topological polar surface area (TPSA) is 34.9 Å². The Kier molecular flexibility index (Phi) is 4.50. The first-order valence-electron chi connectivity index (χ1n) is 7.55. The Hall–Kier alpha value is -1.07. The zero-order valence-electron chi connectivity index (χ0n) is 12.4. The first-order valence-corrected chi connectivity index (χ1v) is 9.35. The molecule has 0 saturated carbocycles. The molecule has 0 aromatic carbocycles. The number of aromatic nitrogens is 2. The number of nitrogens with zero attached hydrogens (tertiary/aromatic N) is 2. The van der Waals surface area contributed by atoms with E-state index in [0.717, 1.165) is 46.8 Å². The first kappa shape index (κ1) is 14.9. The van der Waals surface area contributed by atoms with Crippen LogP contribution in [-0.4, -0.2) is 15.3 Å². The predicted octanol–water partition coefficient (Wildman–Crippen LogP) is 4.02.